The molecule has 0 aliphatic carbocycles. The van der Waals surface area contributed by atoms with Crippen molar-refractivity contribution in [3.8, 4) is 5.75 Å². The number of nitrogens with one attached hydrogen (secondary N) is 1. The van der Waals surface area contributed by atoms with E-state index in [0.29, 0.717) is 6.04 Å². The predicted molar refractivity (Wildman–Crippen MR) is 82.9 cm³/mol. The minimum Gasteiger partial charge on any atom is -0.496 e. The third-order valence-corrected chi connectivity index (χ3v) is 4.19. The number of halogens is 1. The molecule has 0 amide bonds. The first-order chi connectivity index (χ1) is 9.19. The molecule has 0 aromatic heterocycles. The molecule has 1 aliphatic heterocycles. The van der Waals surface area contributed by atoms with Crippen molar-refractivity contribution < 1.29 is 4.74 Å². The maximum atomic E-state index is 5.41. The molecule has 0 spiro atoms. The molecule has 4 heteroatoms. The zero-order valence-corrected chi connectivity index (χ0v) is 13.4. The smallest absolute Gasteiger partial charge is 0.122 e. The molecule has 1 aromatic rings. The van der Waals surface area contributed by atoms with E-state index in [2.05, 4.69) is 39.3 Å². The lowest BCUT2D eigenvalue weighted by molar-refractivity contribution is 0.302. The number of likely N-dealkylation sites (N-methyl/N-ethyl adjacent to an activating group) is 1. The summed E-state index contributed by atoms with van der Waals surface area (Å²) in [5.74, 6) is 0.982. The van der Waals surface area contributed by atoms with Crippen LogP contribution in [0.15, 0.2) is 22.7 Å². The molecule has 1 aliphatic rings. The van der Waals surface area contributed by atoms with Gasteiger partial charge in [0.25, 0.3) is 0 Å². The molecule has 1 unspecified atom stereocenters. The monoisotopic (exact) mass is 326 g/mol. The highest BCUT2D eigenvalue weighted by atomic mass is 79.9. The lowest BCUT2D eigenvalue weighted by Gasteiger charge is -2.21. The van der Waals surface area contributed by atoms with Gasteiger partial charge >= 0.3 is 0 Å². The first kappa shape index (κ1) is 14.8. The summed E-state index contributed by atoms with van der Waals surface area (Å²) in [6, 6.07) is 6.88. The molecule has 1 N–H and O–H groups in total. The topological polar surface area (TPSA) is 24.5 Å². The molecule has 0 radical (unpaired) electrons. The van der Waals surface area contributed by atoms with Gasteiger partial charge in [0.1, 0.15) is 5.75 Å². The van der Waals surface area contributed by atoms with Crippen LogP contribution in [0.5, 0.6) is 5.75 Å². The van der Waals surface area contributed by atoms with Gasteiger partial charge in [-0.1, -0.05) is 15.9 Å². The summed E-state index contributed by atoms with van der Waals surface area (Å²) in [5.41, 5.74) is 1.27. The fourth-order valence-corrected chi connectivity index (χ4v) is 3.04. The average Bonchev–Trinajstić information content (AvgIpc) is 2.89. The minimum atomic E-state index is 0.675. The first-order valence-corrected chi connectivity index (χ1v) is 7.72. The molecule has 0 saturated carbocycles. The molecule has 3 nitrogen and oxygen atoms in total. The normalized spacial score (nSPS) is 19.1. The van der Waals surface area contributed by atoms with Crippen LogP contribution in [0.3, 0.4) is 0 Å². The van der Waals surface area contributed by atoms with E-state index in [4.69, 9.17) is 4.74 Å². The fourth-order valence-electron chi connectivity index (χ4n) is 2.63. The first-order valence-electron chi connectivity index (χ1n) is 6.93. The molecule has 1 saturated heterocycles. The Balaban J connectivity index is 1.85. The van der Waals surface area contributed by atoms with E-state index in [1.54, 1.807) is 7.11 Å². The highest BCUT2D eigenvalue weighted by Crippen LogP contribution is 2.23. The van der Waals surface area contributed by atoms with Crippen LogP contribution in [-0.4, -0.2) is 44.7 Å². The van der Waals surface area contributed by atoms with Crippen LogP contribution in [0.2, 0.25) is 0 Å². The molecule has 1 fully saturated rings. The minimum absolute atomic E-state index is 0.675. The van der Waals surface area contributed by atoms with Gasteiger partial charge in [0, 0.05) is 23.6 Å². The van der Waals surface area contributed by atoms with Crippen LogP contribution in [0.4, 0.5) is 0 Å². The fraction of sp³-hybridized carbons (Fsp3) is 0.600. The van der Waals surface area contributed by atoms with E-state index >= 15 is 0 Å². The van der Waals surface area contributed by atoms with E-state index in [1.807, 2.05) is 12.1 Å². The van der Waals surface area contributed by atoms with Crippen molar-refractivity contribution in [3.05, 3.63) is 28.2 Å². The van der Waals surface area contributed by atoms with E-state index in [9.17, 15) is 0 Å². The highest BCUT2D eigenvalue weighted by Gasteiger charge is 2.16. The second-order valence-corrected chi connectivity index (χ2v) is 6.18. The number of methoxy groups -OCH3 is 1. The van der Waals surface area contributed by atoms with Crippen molar-refractivity contribution in [2.24, 2.45) is 0 Å². The van der Waals surface area contributed by atoms with Crippen LogP contribution >= 0.6 is 15.9 Å². The van der Waals surface area contributed by atoms with E-state index in [1.165, 1.54) is 24.9 Å². The maximum Gasteiger partial charge on any atom is 0.122 e. The van der Waals surface area contributed by atoms with Crippen LogP contribution in [-0.2, 0) is 6.42 Å². The predicted octanol–water partition coefficient (Wildman–Crippen LogP) is 2.68. The molecular formula is C15H23BrN2O. The molecular weight excluding hydrogens is 304 g/mol. The van der Waals surface area contributed by atoms with E-state index in [0.717, 1.165) is 29.7 Å². The van der Waals surface area contributed by atoms with Crippen LogP contribution in [0.25, 0.3) is 0 Å². The molecule has 1 atom stereocenters. The maximum absolute atomic E-state index is 5.41. The van der Waals surface area contributed by atoms with Crippen molar-refractivity contribution in [2.45, 2.75) is 25.3 Å². The lowest BCUT2D eigenvalue weighted by Crippen LogP contribution is -2.36. The van der Waals surface area contributed by atoms with E-state index < -0.39 is 0 Å². The van der Waals surface area contributed by atoms with Crippen LogP contribution in [0, 0.1) is 0 Å². The Morgan fingerprint density at radius 2 is 2.32 bits per heavy atom. The standard InChI is InChI=1S/C15H23BrN2O/c1-18(11-14-4-3-8-17-14)9-7-12-10-13(16)5-6-15(12)19-2/h5-6,10,14,17H,3-4,7-9,11H2,1-2H3. The number of nitrogens with zero attached hydrogens (tertiary/aromatic N) is 1. The van der Waals surface area contributed by atoms with Gasteiger partial charge in [-0.3, -0.25) is 0 Å². The second kappa shape index (κ2) is 7.27. The van der Waals surface area contributed by atoms with Crippen molar-refractivity contribution in [3.63, 3.8) is 0 Å². The molecule has 2 rings (SSSR count). The molecule has 106 valence electrons. The number of ether oxygens (including phenoxy) is 1. The Morgan fingerprint density at radius 3 is 3.00 bits per heavy atom. The Bertz CT molecular complexity index is 405. The number of benzene rings is 1. The average molecular weight is 327 g/mol. The van der Waals surface area contributed by atoms with Gasteiger partial charge in [-0.05, 0) is 56.6 Å². The van der Waals surface area contributed by atoms with Crippen LogP contribution < -0.4 is 10.1 Å². The zero-order valence-electron chi connectivity index (χ0n) is 11.8. The van der Waals surface area contributed by atoms with Crippen molar-refractivity contribution in [2.75, 3.05) is 33.8 Å². The number of hydrogen-bond donors (Lipinski definition) is 1. The van der Waals surface area contributed by atoms with Gasteiger partial charge < -0.3 is 15.0 Å². The molecule has 0 bridgehead atoms. The molecule has 19 heavy (non-hydrogen) atoms. The second-order valence-electron chi connectivity index (χ2n) is 5.26. The summed E-state index contributed by atoms with van der Waals surface area (Å²) < 4.78 is 6.53. The highest BCUT2D eigenvalue weighted by molar-refractivity contribution is 9.10. The number of hydrogen-bond acceptors (Lipinski definition) is 3. The summed E-state index contributed by atoms with van der Waals surface area (Å²) in [5, 5.41) is 3.54. The summed E-state index contributed by atoms with van der Waals surface area (Å²) in [4.78, 5) is 2.41. The third-order valence-electron chi connectivity index (χ3n) is 3.70. The molecule has 1 heterocycles. The summed E-state index contributed by atoms with van der Waals surface area (Å²) >= 11 is 3.52. The van der Waals surface area contributed by atoms with Crippen molar-refractivity contribution in [1.29, 1.82) is 0 Å². The van der Waals surface area contributed by atoms with Crippen molar-refractivity contribution >= 4 is 15.9 Å². The van der Waals surface area contributed by atoms with Gasteiger partial charge in [-0.2, -0.15) is 0 Å². The van der Waals surface area contributed by atoms with Crippen molar-refractivity contribution in [1.82, 2.24) is 10.2 Å². The Morgan fingerprint density at radius 1 is 1.47 bits per heavy atom. The van der Waals surface area contributed by atoms with Gasteiger partial charge in [0.15, 0.2) is 0 Å². The number of rotatable bonds is 6. The Labute approximate surface area is 124 Å². The van der Waals surface area contributed by atoms with Crippen LogP contribution in [0.1, 0.15) is 18.4 Å². The van der Waals surface area contributed by atoms with E-state index in [-0.39, 0.29) is 0 Å². The largest absolute Gasteiger partial charge is 0.496 e. The van der Waals surface area contributed by atoms with Gasteiger partial charge in [0.05, 0.1) is 7.11 Å². The SMILES string of the molecule is COc1ccc(Br)cc1CCN(C)CC1CCCN1. The lowest BCUT2D eigenvalue weighted by atomic mass is 10.1. The van der Waals surface area contributed by atoms with Gasteiger partial charge in [-0.15, -0.1) is 0 Å². The van der Waals surface area contributed by atoms with Gasteiger partial charge in [0.2, 0.25) is 0 Å². The Kier molecular flexibility index (Phi) is 5.67. The quantitative estimate of drug-likeness (QED) is 0.869. The zero-order chi connectivity index (χ0) is 13.7. The van der Waals surface area contributed by atoms with Gasteiger partial charge in [-0.25, -0.2) is 0 Å². The third kappa shape index (κ3) is 4.48. The molecule has 1 aromatic carbocycles. The summed E-state index contributed by atoms with van der Waals surface area (Å²) in [6.45, 7) is 3.37. The summed E-state index contributed by atoms with van der Waals surface area (Å²) in [6.07, 6.45) is 3.65. The summed E-state index contributed by atoms with van der Waals surface area (Å²) in [7, 11) is 3.93. The Hall–Kier alpha value is -0.580.